The van der Waals surface area contributed by atoms with Crippen LogP contribution in [0.15, 0.2) is 24.3 Å². The minimum absolute atomic E-state index is 0.0528. The second-order valence-corrected chi connectivity index (χ2v) is 4.93. The third-order valence-electron chi connectivity index (χ3n) is 3.50. The summed E-state index contributed by atoms with van der Waals surface area (Å²) in [4.78, 5) is 22.3. The maximum absolute atomic E-state index is 11.4. The third-order valence-corrected chi connectivity index (χ3v) is 3.50. The van der Waals surface area contributed by atoms with Crippen LogP contribution < -0.4 is 16.4 Å². The molecule has 1 aliphatic rings. The summed E-state index contributed by atoms with van der Waals surface area (Å²) >= 11 is 0. The molecule has 2 rings (SSSR count). The normalized spacial score (nSPS) is 22.2. The molecule has 0 aromatic heterocycles. The van der Waals surface area contributed by atoms with E-state index in [0.29, 0.717) is 13.1 Å². The lowest BCUT2D eigenvalue weighted by molar-refractivity contribution is -0.121. The first-order valence-corrected chi connectivity index (χ1v) is 6.41. The molecule has 0 radical (unpaired) electrons. The van der Waals surface area contributed by atoms with Gasteiger partial charge in [0.1, 0.15) is 0 Å². The summed E-state index contributed by atoms with van der Waals surface area (Å²) in [6.07, 6.45) is 0. The van der Waals surface area contributed by atoms with Crippen molar-refractivity contribution in [2.75, 3.05) is 13.1 Å². The highest BCUT2D eigenvalue weighted by atomic mass is 16.1. The summed E-state index contributed by atoms with van der Waals surface area (Å²) in [7, 11) is 0. The van der Waals surface area contributed by atoms with E-state index in [1.807, 2.05) is 24.3 Å². The smallest absolute Gasteiger partial charge is 0.222 e. The Bertz CT molecular complexity index is 487. The number of primary amides is 1. The summed E-state index contributed by atoms with van der Waals surface area (Å²) in [6.45, 7) is 3.39. The molecule has 1 aromatic rings. The van der Waals surface area contributed by atoms with Gasteiger partial charge in [-0.25, -0.2) is 0 Å². The van der Waals surface area contributed by atoms with Crippen molar-refractivity contribution in [2.45, 2.75) is 19.4 Å². The summed E-state index contributed by atoms with van der Waals surface area (Å²) in [6, 6.07) is 7.94. The monoisotopic (exact) mass is 261 g/mol. The minimum Gasteiger partial charge on any atom is -0.369 e. The number of hydrogen-bond donors (Lipinski definition) is 3. The van der Waals surface area contributed by atoms with Gasteiger partial charge in [0.05, 0.1) is 5.92 Å². The average Bonchev–Trinajstić information content (AvgIpc) is 2.86. The van der Waals surface area contributed by atoms with Gasteiger partial charge >= 0.3 is 0 Å². The quantitative estimate of drug-likeness (QED) is 0.719. The van der Waals surface area contributed by atoms with E-state index in [9.17, 15) is 9.59 Å². The van der Waals surface area contributed by atoms with E-state index in [1.165, 1.54) is 6.92 Å². The molecular weight excluding hydrogens is 242 g/mol. The van der Waals surface area contributed by atoms with Crippen LogP contribution in [-0.4, -0.2) is 24.9 Å². The van der Waals surface area contributed by atoms with Crippen LogP contribution in [0.5, 0.6) is 0 Å². The molecule has 102 valence electrons. The van der Waals surface area contributed by atoms with Crippen molar-refractivity contribution in [3.8, 4) is 0 Å². The van der Waals surface area contributed by atoms with Crippen LogP contribution in [0.1, 0.15) is 24.0 Å². The van der Waals surface area contributed by atoms with Crippen LogP contribution >= 0.6 is 0 Å². The fourth-order valence-electron chi connectivity index (χ4n) is 2.49. The first-order valence-electron chi connectivity index (χ1n) is 6.41. The second-order valence-electron chi connectivity index (χ2n) is 4.93. The van der Waals surface area contributed by atoms with Gasteiger partial charge in [-0.1, -0.05) is 24.3 Å². The number of nitrogens with one attached hydrogen (secondary N) is 2. The predicted octanol–water partition coefficient (Wildman–Crippen LogP) is 0.111. The summed E-state index contributed by atoms with van der Waals surface area (Å²) < 4.78 is 0. The molecule has 1 saturated heterocycles. The average molecular weight is 261 g/mol. The molecule has 1 aromatic carbocycles. The minimum atomic E-state index is -0.262. The van der Waals surface area contributed by atoms with Gasteiger partial charge in [0.25, 0.3) is 0 Å². The maximum Gasteiger partial charge on any atom is 0.222 e. The molecule has 19 heavy (non-hydrogen) atoms. The Morgan fingerprint density at radius 1 is 1.42 bits per heavy atom. The molecular formula is C14H19N3O2. The van der Waals surface area contributed by atoms with Gasteiger partial charge in [-0.15, -0.1) is 0 Å². The number of carbonyl (C=O) groups excluding carboxylic acids is 2. The SMILES string of the molecule is CC(=O)NCc1cccc([C@H]2CNC[C@@H]2C(N)=O)c1. The number of carbonyl (C=O) groups is 2. The molecule has 0 bridgehead atoms. The van der Waals surface area contributed by atoms with Crippen molar-refractivity contribution in [3.63, 3.8) is 0 Å². The van der Waals surface area contributed by atoms with Crippen LogP contribution in [0.25, 0.3) is 0 Å². The molecule has 5 nitrogen and oxygen atoms in total. The molecule has 1 aliphatic heterocycles. The lowest BCUT2D eigenvalue weighted by Crippen LogP contribution is -2.28. The lowest BCUT2D eigenvalue weighted by Gasteiger charge is -2.16. The molecule has 1 heterocycles. The molecule has 0 aliphatic carbocycles. The van der Waals surface area contributed by atoms with E-state index in [2.05, 4.69) is 10.6 Å². The topological polar surface area (TPSA) is 84.2 Å². The highest BCUT2D eigenvalue weighted by molar-refractivity contribution is 5.78. The maximum atomic E-state index is 11.4. The predicted molar refractivity (Wildman–Crippen MR) is 72.3 cm³/mol. The molecule has 5 heteroatoms. The van der Waals surface area contributed by atoms with Gasteiger partial charge in [0.15, 0.2) is 0 Å². The van der Waals surface area contributed by atoms with E-state index in [0.717, 1.165) is 17.7 Å². The summed E-state index contributed by atoms with van der Waals surface area (Å²) in [5.41, 5.74) is 7.55. The lowest BCUT2D eigenvalue weighted by atomic mass is 9.88. The fourth-order valence-corrected chi connectivity index (χ4v) is 2.49. The van der Waals surface area contributed by atoms with Crippen molar-refractivity contribution in [1.29, 1.82) is 0 Å². The zero-order chi connectivity index (χ0) is 13.8. The van der Waals surface area contributed by atoms with Gasteiger partial charge in [-0.2, -0.15) is 0 Å². The van der Waals surface area contributed by atoms with Crippen molar-refractivity contribution in [2.24, 2.45) is 11.7 Å². The highest BCUT2D eigenvalue weighted by Gasteiger charge is 2.32. The number of hydrogen-bond acceptors (Lipinski definition) is 3. The number of amides is 2. The molecule has 1 fully saturated rings. The van der Waals surface area contributed by atoms with E-state index in [4.69, 9.17) is 5.73 Å². The van der Waals surface area contributed by atoms with Crippen LogP contribution in [0.4, 0.5) is 0 Å². The van der Waals surface area contributed by atoms with E-state index in [1.54, 1.807) is 0 Å². The third kappa shape index (κ3) is 3.32. The van der Waals surface area contributed by atoms with Gasteiger partial charge in [0, 0.05) is 32.5 Å². The fraction of sp³-hybridized carbons (Fsp3) is 0.429. The van der Waals surface area contributed by atoms with E-state index >= 15 is 0 Å². The Balaban J connectivity index is 2.13. The number of nitrogens with two attached hydrogens (primary N) is 1. The van der Waals surface area contributed by atoms with E-state index in [-0.39, 0.29) is 23.7 Å². The van der Waals surface area contributed by atoms with Crippen LogP contribution in [-0.2, 0) is 16.1 Å². The molecule has 2 amide bonds. The van der Waals surface area contributed by atoms with E-state index < -0.39 is 0 Å². The van der Waals surface area contributed by atoms with Crippen LogP contribution in [0, 0.1) is 5.92 Å². The van der Waals surface area contributed by atoms with Crippen LogP contribution in [0.2, 0.25) is 0 Å². The molecule has 0 unspecified atom stereocenters. The highest BCUT2D eigenvalue weighted by Crippen LogP contribution is 2.28. The largest absolute Gasteiger partial charge is 0.369 e. The summed E-state index contributed by atoms with van der Waals surface area (Å²) in [5, 5.41) is 5.97. The van der Waals surface area contributed by atoms with Gasteiger partial charge in [0.2, 0.25) is 11.8 Å². The summed E-state index contributed by atoms with van der Waals surface area (Å²) in [5.74, 6) is -0.351. The Morgan fingerprint density at radius 3 is 2.89 bits per heavy atom. The Kier molecular flexibility index (Phi) is 4.16. The standard InChI is InChI=1S/C14H19N3O2/c1-9(18)17-6-10-3-2-4-11(5-10)12-7-16-8-13(12)14(15)19/h2-5,12-13,16H,6-8H2,1H3,(H2,15,19)(H,17,18)/t12-,13+/m1/s1. The zero-order valence-corrected chi connectivity index (χ0v) is 11.0. The van der Waals surface area contributed by atoms with Gasteiger partial charge < -0.3 is 16.4 Å². The van der Waals surface area contributed by atoms with Gasteiger partial charge in [-0.05, 0) is 11.1 Å². The van der Waals surface area contributed by atoms with Crippen molar-refractivity contribution in [3.05, 3.63) is 35.4 Å². The number of benzene rings is 1. The van der Waals surface area contributed by atoms with Gasteiger partial charge in [-0.3, -0.25) is 9.59 Å². The Labute approximate surface area is 112 Å². The Morgan fingerprint density at radius 2 is 2.21 bits per heavy atom. The second kappa shape index (κ2) is 5.84. The zero-order valence-electron chi connectivity index (χ0n) is 11.0. The first kappa shape index (κ1) is 13.5. The molecule has 2 atom stereocenters. The van der Waals surface area contributed by atoms with Crippen molar-refractivity contribution >= 4 is 11.8 Å². The Hall–Kier alpha value is -1.88. The molecule has 0 spiro atoms. The van der Waals surface area contributed by atoms with Crippen molar-refractivity contribution < 1.29 is 9.59 Å². The van der Waals surface area contributed by atoms with Crippen molar-refractivity contribution in [1.82, 2.24) is 10.6 Å². The van der Waals surface area contributed by atoms with Crippen LogP contribution in [0.3, 0.4) is 0 Å². The first-order chi connectivity index (χ1) is 9.08. The molecule has 0 saturated carbocycles. The number of rotatable bonds is 4. The molecule has 4 N–H and O–H groups in total.